The van der Waals surface area contributed by atoms with Gasteiger partial charge in [0.25, 0.3) is 5.91 Å². The second-order valence-corrected chi connectivity index (χ2v) is 6.47. The Kier molecular flexibility index (Phi) is 4.10. The minimum absolute atomic E-state index is 0.0732. The Morgan fingerprint density at radius 3 is 2.54 bits per heavy atom. The molecule has 0 saturated heterocycles. The van der Waals surface area contributed by atoms with Gasteiger partial charge in [-0.15, -0.1) is 0 Å². The van der Waals surface area contributed by atoms with Gasteiger partial charge >= 0.3 is 0 Å². The van der Waals surface area contributed by atoms with E-state index in [4.69, 9.17) is 33.9 Å². The Labute approximate surface area is 158 Å². The predicted molar refractivity (Wildman–Crippen MR) is 98.3 cm³/mol. The van der Waals surface area contributed by atoms with Crippen LogP contribution >= 0.6 is 23.2 Å². The van der Waals surface area contributed by atoms with Gasteiger partial charge < -0.3 is 5.73 Å². The van der Waals surface area contributed by atoms with Crippen LogP contribution in [0.2, 0.25) is 10.0 Å². The molecule has 0 aliphatic rings. The molecule has 0 unspecified atom stereocenters. The van der Waals surface area contributed by atoms with Crippen LogP contribution in [0.15, 0.2) is 48.9 Å². The molecule has 0 radical (unpaired) electrons. The summed E-state index contributed by atoms with van der Waals surface area (Å²) in [6.07, 6.45) is 3.05. The average molecular weight is 387 g/mol. The van der Waals surface area contributed by atoms with E-state index in [0.717, 1.165) is 22.6 Å². The van der Waals surface area contributed by atoms with Crippen molar-refractivity contribution in [2.24, 2.45) is 5.73 Å². The summed E-state index contributed by atoms with van der Waals surface area (Å²) in [5, 5.41) is 5.30. The number of carbonyl (C=O) groups is 1. The van der Waals surface area contributed by atoms with Gasteiger partial charge in [-0.25, -0.2) is 14.6 Å². The molecular formula is C17H12Cl2N6O. The van der Waals surface area contributed by atoms with E-state index in [9.17, 15) is 4.79 Å². The molecular weight excluding hydrogens is 375 g/mol. The van der Waals surface area contributed by atoms with Crippen LogP contribution in [0.25, 0.3) is 16.9 Å². The third-order valence-electron chi connectivity index (χ3n) is 3.93. The second kappa shape index (κ2) is 6.44. The zero-order valence-corrected chi connectivity index (χ0v) is 14.8. The predicted octanol–water partition coefficient (Wildman–Crippen LogP) is 3.05. The number of aromatic nitrogens is 5. The zero-order chi connectivity index (χ0) is 18.3. The van der Waals surface area contributed by atoms with Crippen molar-refractivity contribution in [3.05, 3.63) is 70.5 Å². The van der Waals surface area contributed by atoms with Crippen LogP contribution in [0.1, 0.15) is 16.3 Å². The third-order valence-corrected chi connectivity index (χ3v) is 4.41. The standard InChI is InChI=1S/C17H12Cl2N6O/c18-11-3-1-10(2-4-11)15-13(8-25-17(16(20)26)21-9-22-25)24-7-12(19)5-6-14(24)23-15/h1-7,9H,8H2,(H2,20,26). The van der Waals surface area contributed by atoms with Crippen molar-refractivity contribution in [1.82, 2.24) is 24.1 Å². The Hall–Kier alpha value is -2.90. The summed E-state index contributed by atoms with van der Waals surface area (Å²) in [6.45, 7) is 0.248. The number of benzene rings is 1. The molecule has 1 aromatic carbocycles. The lowest BCUT2D eigenvalue weighted by atomic mass is 10.1. The van der Waals surface area contributed by atoms with Crippen molar-refractivity contribution in [3.63, 3.8) is 0 Å². The van der Waals surface area contributed by atoms with Crippen LogP contribution in [-0.2, 0) is 6.54 Å². The fourth-order valence-corrected chi connectivity index (χ4v) is 3.06. The molecule has 4 rings (SSSR count). The van der Waals surface area contributed by atoms with E-state index in [1.54, 1.807) is 24.4 Å². The third kappa shape index (κ3) is 2.91. The molecule has 0 aliphatic heterocycles. The lowest BCUT2D eigenvalue weighted by Crippen LogP contribution is -2.20. The molecule has 2 N–H and O–H groups in total. The molecule has 130 valence electrons. The highest BCUT2D eigenvalue weighted by atomic mass is 35.5. The monoisotopic (exact) mass is 386 g/mol. The number of imidazole rings is 1. The quantitative estimate of drug-likeness (QED) is 0.583. The molecule has 7 nitrogen and oxygen atoms in total. The largest absolute Gasteiger partial charge is 0.363 e. The van der Waals surface area contributed by atoms with Gasteiger partial charge in [0.1, 0.15) is 12.0 Å². The Balaban J connectivity index is 1.91. The van der Waals surface area contributed by atoms with Crippen molar-refractivity contribution in [1.29, 1.82) is 0 Å². The van der Waals surface area contributed by atoms with E-state index < -0.39 is 5.91 Å². The summed E-state index contributed by atoms with van der Waals surface area (Å²) in [7, 11) is 0. The molecule has 1 amide bonds. The maximum absolute atomic E-state index is 11.6. The molecule has 0 aliphatic carbocycles. The number of halogens is 2. The first-order chi connectivity index (χ1) is 12.5. The number of pyridine rings is 1. The van der Waals surface area contributed by atoms with Crippen molar-refractivity contribution in [2.45, 2.75) is 6.54 Å². The van der Waals surface area contributed by atoms with Crippen LogP contribution in [-0.4, -0.2) is 30.1 Å². The van der Waals surface area contributed by atoms with Gasteiger partial charge in [-0.2, -0.15) is 5.10 Å². The van der Waals surface area contributed by atoms with Gasteiger partial charge in [0.2, 0.25) is 5.82 Å². The topological polar surface area (TPSA) is 91.1 Å². The van der Waals surface area contributed by atoms with E-state index in [2.05, 4.69) is 10.1 Å². The summed E-state index contributed by atoms with van der Waals surface area (Å²) >= 11 is 12.1. The van der Waals surface area contributed by atoms with Gasteiger partial charge in [-0.3, -0.25) is 9.20 Å². The summed E-state index contributed by atoms with van der Waals surface area (Å²) in [5.41, 5.74) is 8.49. The SMILES string of the molecule is NC(=O)c1ncnn1Cc1c(-c2ccc(Cl)cc2)nc2ccc(Cl)cn12. The molecule has 3 aromatic heterocycles. The number of carbonyl (C=O) groups excluding carboxylic acids is 1. The van der Waals surface area contributed by atoms with Crippen LogP contribution < -0.4 is 5.73 Å². The lowest BCUT2D eigenvalue weighted by Gasteiger charge is -2.07. The fourth-order valence-electron chi connectivity index (χ4n) is 2.77. The first-order valence-corrected chi connectivity index (χ1v) is 8.38. The highest BCUT2D eigenvalue weighted by Crippen LogP contribution is 2.27. The van der Waals surface area contributed by atoms with Gasteiger partial charge in [-0.05, 0) is 24.3 Å². The summed E-state index contributed by atoms with van der Waals surface area (Å²) in [5.74, 6) is -0.577. The molecule has 9 heteroatoms. The van der Waals surface area contributed by atoms with Crippen molar-refractivity contribution in [3.8, 4) is 11.3 Å². The van der Waals surface area contributed by atoms with Crippen LogP contribution in [0.3, 0.4) is 0 Å². The van der Waals surface area contributed by atoms with Crippen LogP contribution in [0, 0.1) is 0 Å². The fraction of sp³-hybridized carbons (Fsp3) is 0.0588. The number of hydrogen-bond acceptors (Lipinski definition) is 4. The second-order valence-electron chi connectivity index (χ2n) is 5.60. The molecule has 0 bridgehead atoms. The summed E-state index contributed by atoms with van der Waals surface area (Å²) in [6, 6.07) is 10.9. The molecule has 0 saturated carbocycles. The van der Waals surface area contributed by atoms with Crippen molar-refractivity contribution >= 4 is 34.8 Å². The minimum atomic E-state index is -0.651. The van der Waals surface area contributed by atoms with E-state index in [0.29, 0.717) is 10.0 Å². The number of nitrogens with two attached hydrogens (primary N) is 1. The molecule has 0 atom stereocenters. The van der Waals surface area contributed by atoms with Crippen LogP contribution in [0.5, 0.6) is 0 Å². The number of nitrogens with zero attached hydrogens (tertiary/aromatic N) is 5. The Morgan fingerprint density at radius 1 is 1.08 bits per heavy atom. The first-order valence-electron chi connectivity index (χ1n) is 7.63. The molecule has 26 heavy (non-hydrogen) atoms. The Morgan fingerprint density at radius 2 is 1.81 bits per heavy atom. The smallest absolute Gasteiger partial charge is 0.286 e. The van der Waals surface area contributed by atoms with Gasteiger partial charge in [0.15, 0.2) is 0 Å². The maximum Gasteiger partial charge on any atom is 0.286 e. The molecule has 0 fully saturated rings. The molecule has 4 aromatic rings. The van der Waals surface area contributed by atoms with E-state index >= 15 is 0 Å². The minimum Gasteiger partial charge on any atom is -0.363 e. The van der Waals surface area contributed by atoms with Crippen molar-refractivity contribution < 1.29 is 4.79 Å². The Bertz CT molecular complexity index is 1120. The summed E-state index contributed by atoms with van der Waals surface area (Å²) in [4.78, 5) is 20.2. The number of primary amides is 1. The highest BCUT2D eigenvalue weighted by molar-refractivity contribution is 6.30. The normalized spacial score (nSPS) is 11.2. The van der Waals surface area contributed by atoms with E-state index in [1.807, 2.05) is 22.6 Å². The number of fused-ring (bicyclic) bond motifs is 1. The van der Waals surface area contributed by atoms with Crippen molar-refractivity contribution in [2.75, 3.05) is 0 Å². The van der Waals surface area contributed by atoms with Crippen LogP contribution in [0.4, 0.5) is 0 Å². The molecule has 3 heterocycles. The van der Waals surface area contributed by atoms with Gasteiger partial charge in [0.05, 0.1) is 23.0 Å². The lowest BCUT2D eigenvalue weighted by molar-refractivity contribution is 0.0985. The number of amides is 1. The van der Waals surface area contributed by atoms with Gasteiger partial charge in [0, 0.05) is 16.8 Å². The van der Waals surface area contributed by atoms with Gasteiger partial charge in [-0.1, -0.05) is 35.3 Å². The van der Waals surface area contributed by atoms with E-state index in [-0.39, 0.29) is 12.4 Å². The number of rotatable bonds is 4. The van der Waals surface area contributed by atoms with E-state index in [1.165, 1.54) is 11.0 Å². The highest BCUT2D eigenvalue weighted by Gasteiger charge is 2.18. The average Bonchev–Trinajstić information content (AvgIpc) is 3.21. The number of hydrogen-bond donors (Lipinski definition) is 1. The molecule has 0 spiro atoms. The zero-order valence-electron chi connectivity index (χ0n) is 13.3. The summed E-state index contributed by atoms with van der Waals surface area (Å²) < 4.78 is 3.30. The maximum atomic E-state index is 11.6. The first kappa shape index (κ1) is 16.6.